The van der Waals surface area contributed by atoms with Crippen LogP contribution in [0.25, 0.3) is 0 Å². The summed E-state index contributed by atoms with van der Waals surface area (Å²) in [5.41, 5.74) is 1.20. The molecule has 4 nitrogen and oxygen atoms in total. The number of nitrogens with zero attached hydrogens (tertiary/aromatic N) is 1. The molecule has 0 bridgehead atoms. The summed E-state index contributed by atoms with van der Waals surface area (Å²) in [6, 6.07) is 1.09. The molecule has 1 rings (SSSR count). The van der Waals surface area contributed by atoms with Gasteiger partial charge in [-0.05, 0) is 31.4 Å². The minimum atomic E-state index is -0.989. The Kier molecular flexibility index (Phi) is 5.54. The summed E-state index contributed by atoms with van der Waals surface area (Å²) in [6.07, 6.45) is 2.92. The highest BCUT2D eigenvalue weighted by Gasteiger charge is 2.24. The fourth-order valence-electron chi connectivity index (χ4n) is 1.83. The Labute approximate surface area is 118 Å². The number of carboxylic acids is 1. The van der Waals surface area contributed by atoms with E-state index in [1.165, 1.54) is 40.6 Å². The van der Waals surface area contributed by atoms with Gasteiger partial charge in [0.1, 0.15) is 6.04 Å². The summed E-state index contributed by atoms with van der Waals surface area (Å²) < 4.78 is 0. The van der Waals surface area contributed by atoms with Crippen LogP contribution in [0.15, 0.2) is 6.07 Å². The first-order valence-corrected chi connectivity index (χ1v) is 7.35. The second-order valence-corrected chi connectivity index (χ2v) is 5.73. The van der Waals surface area contributed by atoms with Crippen LogP contribution in [0.1, 0.15) is 47.3 Å². The molecule has 5 heteroatoms. The number of aryl methyl sites for hydroxylation is 2. The molecule has 106 valence electrons. The van der Waals surface area contributed by atoms with Crippen LogP contribution in [0.2, 0.25) is 0 Å². The van der Waals surface area contributed by atoms with E-state index in [1.807, 2.05) is 6.07 Å². The molecular formula is C14H21NO3S. The van der Waals surface area contributed by atoms with Gasteiger partial charge in [0.15, 0.2) is 0 Å². The molecule has 0 saturated heterocycles. The number of hydrogen-bond donors (Lipinski definition) is 1. The zero-order chi connectivity index (χ0) is 14.6. The standard InChI is InChI=1S/C14H21NO3S/c1-5-7-11-10(6-2)8-12(19-11)13(16)15(4)9(3)14(17)18/h8-9H,5-7H2,1-4H3,(H,17,18). The van der Waals surface area contributed by atoms with E-state index < -0.39 is 12.0 Å². The Morgan fingerprint density at radius 1 is 1.42 bits per heavy atom. The Bertz CT molecular complexity index is 467. The average Bonchev–Trinajstić information content (AvgIpc) is 2.79. The number of likely N-dealkylation sites (N-methyl/N-ethyl adjacent to an activating group) is 1. The van der Waals surface area contributed by atoms with Gasteiger partial charge >= 0.3 is 5.97 Å². The number of rotatable bonds is 6. The van der Waals surface area contributed by atoms with Crippen LogP contribution < -0.4 is 0 Å². The van der Waals surface area contributed by atoms with Crippen molar-refractivity contribution in [2.24, 2.45) is 0 Å². The summed E-state index contributed by atoms with van der Waals surface area (Å²) in [5.74, 6) is -1.20. The molecule has 0 fully saturated rings. The van der Waals surface area contributed by atoms with Crippen molar-refractivity contribution in [1.29, 1.82) is 0 Å². The second-order valence-electron chi connectivity index (χ2n) is 4.59. The molecule has 19 heavy (non-hydrogen) atoms. The van der Waals surface area contributed by atoms with Crippen molar-refractivity contribution in [2.45, 2.75) is 46.1 Å². The van der Waals surface area contributed by atoms with Gasteiger partial charge in [0, 0.05) is 11.9 Å². The average molecular weight is 283 g/mol. The van der Waals surface area contributed by atoms with Crippen molar-refractivity contribution < 1.29 is 14.7 Å². The molecule has 0 saturated carbocycles. The van der Waals surface area contributed by atoms with Gasteiger partial charge in [0.2, 0.25) is 0 Å². The minimum absolute atomic E-state index is 0.211. The molecule has 1 N–H and O–H groups in total. The lowest BCUT2D eigenvalue weighted by Gasteiger charge is -2.20. The highest BCUT2D eigenvalue weighted by molar-refractivity contribution is 7.14. The highest BCUT2D eigenvalue weighted by atomic mass is 32.1. The van der Waals surface area contributed by atoms with Crippen molar-refractivity contribution in [3.63, 3.8) is 0 Å². The van der Waals surface area contributed by atoms with Crippen LogP contribution in [0.5, 0.6) is 0 Å². The Hall–Kier alpha value is -1.36. The Morgan fingerprint density at radius 2 is 2.05 bits per heavy atom. The first-order chi connectivity index (χ1) is 8.92. The van der Waals surface area contributed by atoms with Crippen molar-refractivity contribution in [3.8, 4) is 0 Å². The maximum Gasteiger partial charge on any atom is 0.326 e. The fraction of sp³-hybridized carbons (Fsp3) is 0.571. The molecule has 0 aliphatic carbocycles. The maximum atomic E-state index is 12.2. The van der Waals surface area contributed by atoms with Crippen LogP contribution in [0.4, 0.5) is 0 Å². The molecule has 0 radical (unpaired) electrons. The van der Waals surface area contributed by atoms with E-state index in [1.54, 1.807) is 0 Å². The van der Waals surface area contributed by atoms with E-state index in [2.05, 4.69) is 13.8 Å². The van der Waals surface area contributed by atoms with E-state index >= 15 is 0 Å². The summed E-state index contributed by atoms with van der Waals surface area (Å²) >= 11 is 1.49. The van der Waals surface area contributed by atoms with Gasteiger partial charge in [-0.25, -0.2) is 4.79 Å². The van der Waals surface area contributed by atoms with Crippen LogP contribution in [0, 0.1) is 0 Å². The smallest absolute Gasteiger partial charge is 0.326 e. The molecule has 1 atom stereocenters. The first-order valence-electron chi connectivity index (χ1n) is 6.53. The normalized spacial score (nSPS) is 12.2. The molecule has 0 aliphatic rings. The van der Waals surface area contributed by atoms with Crippen molar-refractivity contribution in [1.82, 2.24) is 4.90 Å². The lowest BCUT2D eigenvalue weighted by molar-refractivity contribution is -0.141. The van der Waals surface area contributed by atoms with Gasteiger partial charge in [0.25, 0.3) is 5.91 Å². The molecule has 0 spiro atoms. The van der Waals surface area contributed by atoms with E-state index in [9.17, 15) is 9.59 Å². The summed E-state index contributed by atoms with van der Waals surface area (Å²) in [5, 5.41) is 8.95. The molecule has 0 aliphatic heterocycles. The SMILES string of the molecule is CCCc1sc(C(=O)N(C)C(C)C(=O)O)cc1CC. The van der Waals surface area contributed by atoms with Crippen LogP contribution >= 0.6 is 11.3 Å². The monoisotopic (exact) mass is 283 g/mol. The quantitative estimate of drug-likeness (QED) is 0.873. The van der Waals surface area contributed by atoms with Gasteiger partial charge in [-0.15, -0.1) is 11.3 Å². The first kappa shape index (κ1) is 15.7. The van der Waals surface area contributed by atoms with E-state index in [0.717, 1.165) is 19.3 Å². The third-order valence-corrected chi connectivity index (χ3v) is 4.45. The fourth-order valence-corrected chi connectivity index (χ4v) is 3.16. The van der Waals surface area contributed by atoms with Crippen LogP contribution in [-0.4, -0.2) is 35.0 Å². The number of amides is 1. The number of aliphatic carboxylic acids is 1. The van der Waals surface area contributed by atoms with Gasteiger partial charge < -0.3 is 10.0 Å². The molecule has 1 amide bonds. The third kappa shape index (κ3) is 3.56. The third-order valence-electron chi connectivity index (χ3n) is 3.22. The molecule has 0 aromatic carbocycles. The van der Waals surface area contributed by atoms with Crippen molar-refractivity contribution >= 4 is 23.2 Å². The molecule has 1 aromatic rings. The number of carbonyl (C=O) groups excluding carboxylic acids is 1. The molecule has 1 heterocycles. The Balaban J connectivity index is 2.96. The van der Waals surface area contributed by atoms with E-state index in [4.69, 9.17) is 5.11 Å². The predicted molar refractivity (Wildman–Crippen MR) is 76.9 cm³/mol. The van der Waals surface area contributed by atoms with Gasteiger partial charge in [-0.3, -0.25) is 4.79 Å². The highest BCUT2D eigenvalue weighted by Crippen LogP contribution is 2.26. The second kappa shape index (κ2) is 6.70. The summed E-state index contributed by atoms with van der Waals surface area (Å²) in [7, 11) is 1.53. The van der Waals surface area contributed by atoms with Gasteiger partial charge in [-0.1, -0.05) is 20.3 Å². The van der Waals surface area contributed by atoms with Crippen molar-refractivity contribution in [2.75, 3.05) is 7.05 Å². The summed E-state index contributed by atoms with van der Waals surface area (Å²) in [4.78, 5) is 26.3. The largest absolute Gasteiger partial charge is 0.480 e. The number of carbonyl (C=O) groups is 2. The molecular weight excluding hydrogens is 262 g/mol. The molecule has 1 aromatic heterocycles. The van der Waals surface area contributed by atoms with Gasteiger partial charge in [0.05, 0.1) is 4.88 Å². The Morgan fingerprint density at radius 3 is 2.53 bits per heavy atom. The zero-order valence-corrected chi connectivity index (χ0v) is 12.7. The summed E-state index contributed by atoms with van der Waals surface area (Å²) in [6.45, 7) is 5.69. The predicted octanol–water partition coefficient (Wildman–Crippen LogP) is 2.81. The lowest BCUT2D eigenvalue weighted by Crippen LogP contribution is -2.39. The maximum absolute atomic E-state index is 12.2. The lowest BCUT2D eigenvalue weighted by atomic mass is 10.1. The van der Waals surface area contributed by atoms with Crippen LogP contribution in [0.3, 0.4) is 0 Å². The van der Waals surface area contributed by atoms with Crippen molar-refractivity contribution in [3.05, 3.63) is 21.4 Å². The topological polar surface area (TPSA) is 57.6 Å². The molecule has 1 unspecified atom stereocenters. The number of carboxylic acid groups (broad SMARTS) is 1. The van der Waals surface area contributed by atoms with E-state index in [-0.39, 0.29) is 5.91 Å². The van der Waals surface area contributed by atoms with Crippen LogP contribution in [-0.2, 0) is 17.6 Å². The van der Waals surface area contributed by atoms with E-state index in [0.29, 0.717) is 4.88 Å². The minimum Gasteiger partial charge on any atom is -0.480 e. The number of hydrogen-bond acceptors (Lipinski definition) is 3. The number of thiophene rings is 1. The van der Waals surface area contributed by atoms with Gasteiger partial charge in [-0.2, -0.15) is 0 Å². The zero-order valence-electron chi connectivity index (χ0n) is 11.9.